The lowest BCUT2D eigenvalue weighted by molar-refractivity contribution is -0.134. The molecule has 0 radical (unpaired) electrons. The molecule has 0 fully saturated rings. The maximum Gasteiger partial charge on any atom is 0.312 e. The van der Waals surface area contributed by atoms with E-state index in [-0.39, 0.29) is 18.5 Å². The van der Waals surface area contributed by atoms with Crippen molar-refractivity contribution in [3.05, 3.63) is 57.8 Å². The summed E-state index contributed by atoms with van der Waals surface area (Å²) in [6.07, 6.45) is 7.07. The maximum atomic E-state index is 12.9. The van der Waals surface area contributed by atoms with Crippen molar-refractivity contribution in [3.8, 4) is 17.2 Å². The molecule has 0 atom stereocenters. The number of fused-ring (bicyclic) bond motifs is 3. The first-order valence-electron chi connectivity index (χ1n) is 9.76. The van der Waals surface area contributed by atoms with Crippen molar-refractivity contribution in [2.24, 2.45) is 0 Å². The topological polar surface area (TPSA) is 100 Å². The second kappa shape index (κ2) is 7.83. The summed E-state index contributed by atoms with van der Waals surface area (Å²) in [7, 11) is 0. The van der Waals surface area contributed by atoms with Crippen LogP contribution < -0.4 is 10.3 Å². The van der Waals surface area contributed by atoms with E-state index in [1.54, 1.807) is 35.6 Å². The molecule has 9 heteroatoms. The van der Waals surface area contributed by atoms with Crippen LogP contribution in [0, 0.1) is 0 Å². The third kappa shape index (κ3) is 3.52. The van der Waals surface area contributed by atoms with Crippen LogP contribution in [0.3, 0.4) is 0 Å². The van der Waals surface area contributed by atoms with Crippen LogP contribution in [-0.4, -0.2) is 25.7 Å². The van der Waals surface area contributed by atoms with Crippen molar-refractivity contribution >= 4 is 27.5 Å². The molecule has 30 heavy (non-hydrogen) atoms. The Labute approximate surface area is 175 Å². The number of carbonyl (C=O) groups excluding carboxylic acids is 1. The Hall–Kier alpha value is -3.33. The number of thiophene rings is 1. The fourth-order valence-corrected chi connectivity index (χ4v) is 4.92. The summed E-state index contributed by atoms with van der Waals surface area (Å²) in [5.74, 6) is 0.391. The number of carbonyl (C=O) groups is 1. The van der Waals surface area contributed by atoms with Gasteiger partial charge in [-0.2, -0.15) is 0 Å². The van der Waals surface area contributed by atoms with Gasteiger partial charge in [0, 0.05) is 17.0 Å². The van der Waals surface area contributed by atoms with Crippen LogP contribution in [0.2, 0.25) is 0 Å². The summed E-state index contributed by atoms with van der Waals surface area (Å²) < 4.78 is 12.0. The van der Waals surface area contributed by atoms with Gasteiger partial charge in [0.2, 0.25) is 12.3 Å². The molecule has 0 unspecified atom stereocenters. The van der Waals surface area contributed by atoms with Gasteiger partial charge in [0.25, 0.3) is 5.56 Å². The normalized spacial score (nSPS) is 13.3. The first-order valence-corrected chi connectivity index (χ1v) is 10.6. The van der Waals surface area contributed by atoms with Gasteiger partial charge in [-0.05, 0) is 55.5 Å². The number of hydrogen-bond acceptors (Lipinski definition) is 8. The van der Waals surface area contributed by atoms with E-state index < -0.39 is 5.97 Å². The highest BCUT2D eigenvalue weighted by Gasteiger charge is 2.20. The van der Waals surface area contributed by atoms with Gasteiger partial charge in [-0.1, -0.05) is 0 Å². The average molecular weight is 422 g/mol. The lowest BCUT2D eigenvalue weighted by Gasteiger charge is -2.10. The van der Waals surface area contributed by atoms with Crippen molar-refractivity contribution in [2.75, 3.05) is 0 Å². The SMILES string of the molecule is O=C(CCn1cnc2sc3c(c2c1=O)CCCC3)Oc1ccc(-c2nnco2)cc1. The molecule has 8 nitrogen and oxygen atoms in total. The summed E-state index contributed by atoms with van der Waals surface area (Å²) in [6, 6.07) is 6.79. The number of esters is 1. The van der Waals surface area contributed by atoms with E-state index in [0.717, 1.165) is 47.0 Å². The van der Waals surface area contributed by atoms with E-state index in [1.807, 2.05) is 0 Å². The minimum absolute atomic E-state index is 0.0730. The lowest BCUT2D eigenvalue weighted by atomic mass is 9.97. The Kier molecular flexibility index (Phi) is 4.88. The van der Waals surface area contributed by atoms with Gasteiger partial charge in [0.05, 0.1) is 18.1 Å². The van der Waals surface area contributed by atoms with Gasteiger partial charge in [-0.25, -0.2) is 4.98 Å². The maximum absolute atomic E-state index is 12.9. The predicted molar refractivity (Wildman–Crippen MR) is 111 cm³/mol. The molecule has 0 bridgehead atoms. The monoisotopic (exact) mass is 422 g/mol. The van der Waals surface area contributed by atoms with Crippen LogP contribution in [0.5, 0.6) is 5.75 Å². The van der Waals surface area contributed by atoms with E-state index in [0.29, 0.717) is 11.6 Å². The van der Waals surface area contributed by atoms with Crippen molar-refractivity contribution in [1.29, 1.82) is 0 Å². The molecule has 3 aromatic heterocycles. The molecule has 3 heterocycles. The Morgan fingerprint density at radius 1 is 1.20 bits per heavy atom. The quantitative estimate of drug-likeness (QED) is 0.359. The smallest absolute Gasteiger partial charge is 0.312 e. The van der Waals surface area contributed by atoms with E-state index >= 15 is 0 Å². The van der Waals surface area contributed by atoms with Crippen LogP contribution in [0.25, 0.3) is 21.7 Å². The zero-order valence-electron chi connectivity index (χ0n) is 16.0. The fourth-order valence-electron chi connectivity index (χ4n) is 3.70. The summed E-state index contributed by atoms with van der Waals surface area (Å²) in [5.41, 5.74) is 1.81. The summed E-state index contributed by atoms with van der Waals surface area (Å²) in [6.45, 7) is 0.227. The Balaban J connectivity index is 1.27. The van der Waals surface area contributed by atoms with Crippen molar-refractivity contribution in [1.82, 2.24) is 19.7 Å². The van der Waals surface area contributed by atoms with Gasteiger partial charge in [0.15, 0.2) is 0 Å². The van der Waals surface area contributed by atoms with E-state index in [9.17, 15) is 9.59 Å². The van der Waals surface area contributed by atoms with Gasteiger partial charge in [-0.15, -0.1) is 21.5 Å². The van der Waals surface area contributed by atoms with Crippen LogP contribution in [0.4, 0.5) is 0 Å². The second-order valence-electron chi connectivity index (χ2n) is 7.13. The summed E-state index contributed by atoms with van der Waals surface area (Å²) >= 11 is 1.62. The number of nitrogens with zero attached hydrogens (tertiary/aromatic N) is 4. The molecular formula is C21H18N4O4S. The van der Waals surface area contributed by atoms with E-state index in [4.69, 9.17) is 9.15 Å². The standard InChI is InChI=1S/C21H18N4O4S/c26-17(29-14-7-5-13(6-8-14)19-24-23-12-28-19)9-10-25-11-22-20-18(21(25)27)15-3-1-2-4-16(15)30-20/h5-8,11-12H,1-4,9-10H2. The first kappa shape index (κ1) is 18.7. The molecule has 1 aliphatic carbocycles. The third-order valence-corrected chi connectivity index (χ3v) is 6.39. The molecule has 152 valence electrons. The van der Waals surface area contributed by atoms with Crippen molar-refractivity contribution in [2.45, 2.75) is 38.6 Å². The van der Waals surface area contributed by atoms with Crippen molar-refractivity contribution in [3.63, 3.8) is 0 Å². The molecule has 0 N–H and O–H groups in total. The Morgan fingerprint density at radius 2 is 2.03 bits per heavy atom. The molecular weight excluding hydrogens is 404 g/mol. The molecule has 4 aromatic rings. The van der Waals surface area contributed by atoms with Crippen LogP contribution >= 0.6 is 11.3 Å². The van der Waals surface area contributed by atoms with E-state index in [1.165, 1.54) is 22.2 Å². The molecule has 1 aromatic carbocycles. The predicted octanol–water partition coefficient (Wildman–Crippen LogP) is 3.38. The number of ether oxygens (including phenoxy) is 1. The number of rotatable bonds is 5. The zero-order chi connectivity index (χ0) is 20.5. The third-order valence-electron chi connectivity index (χ3n) is 5.19. The molecule has 0 saturated heterocycles. The van der Waals surface area contributed by atoms with Gasteiger partial charge in [0.1, 0.15) is 10.6 Å². The molecule has 0 saturated carbocycles. The molecule has 5 rings (SSSR count). The molecule has 0 amide bonds. The number of benzene rings is 1. The summed E-state index contributed by atoms with van der Waals surface area (Å²) in [5, 5.41) is 8.19. The van der Waals surface area contributed by atoms with Crippen LogP contribution in [-0.2, 0) is 24.2 Å². The van der Waals surface area contributed by atoms with Crippen LogP contribution in [0.15, 0.2) is 46.2 Å². The summed E-state index contributed by atoms with van der Waals surface area (Å²) in [4.78, 5) is 31.7. The minimum atomic E-state index is -0.417. The van der Waals surface area contributed by atoms with Gasteiger partial charge >= 0.3 is 5.97 Å². The molecule has 0 spiro atoms. The fraction of sp³-hybridized carbons (Fsp3) is 0.286. The first-order chi connectivity index (χ1) is 14.7. The molecule has 0 aliphatic heterocycles. The highest BCUT2D eigenvalue weighted by atomic mass is 32.1. The van der Waals surface area contributed by atoms with E-state index in [2.05, 4.69) is 15.2 Å². The molecule has 1 aliphatic rings. The second-order valence-corrected chi connectivity index (χ2v) is 8.21. The average Bonchev–Trinajstić information content (AvgIpc) is 3.42. The lowest BCUT2D eigenvalue weighted by Crippen LogP contribution is -2.23. The number of aryl methyl sites for hydroxylation is 3. The largest absolute Gasteiger partial charge is 0.426 e. The highest BCUT2D eigenvalue weighted by Crippen LogP contribution is 2.33. The zero-order valence-corrected chi connectivity index (χ0v) is 16.9. The Morgan fingerprint density at radius 3 is 2.83 bits per heavy atom. The van der Waals surface area contributed by atoms with Crippen molar-refractivity contribution < 1.29 is 13.9 Å². The highest BCUT2D eigenvalue weighted by molar-refractivity contribution is 7.18. The van der Waals surface area contributed by atoms with Gasteiger partial charge < -0.3 is 9.15 Å². The number of aromatic nitrogens is 4. The minimum Gasteiger partial charge on any atom is -0.426 e. The van der Waals surface area contributed by atoms with Crippen LogP contribution in [0.1, 0.15) is 29.7 Å². The van der Waals surface area contributed by atoms with Gasteiger partial charge in [-0.3, -0.25) is 14.2 Å². The number of hydrogen-bond donors (Lipinski definition) is 0. The Bertz CT molecular complexity index is 1260.